The highest BCUT2D eigenvalue weighted by molar-refractivity contribution is 5.93. The first-order valence-corrected chi connectivity index (χ1v) is 8.49. The minimum Gasteiger partial charge on any atom is -0.368 e. The van der Waals surface area contributed by atoms with Crippen molar-refractivity contribution < 1.29 is 4.79 Å². The minimum atomic E-state index is -0.397. The van der Waals surface area contributed by atoms with Gasteiger partial charge in [-0.05, 0) is 26.0 Å². The maximum absolute atomic E-state index is 12.1. The number of anilines is 1. The standard InChI is InChI=1S/C18H21N7O2/c1-12-22-15(11-16(23-12)25-10-8-19-13(25)2)20-6-7-21-17(26)14-5-4-9-24(3)18(14)27/h4-5,8-11H,6-7H2,1-3H3,(H,21,26)(H,20,22,23). The summed E-state index contributed by atoms with van der Waals surface area (Å²) in [4.78, 5) is 37.0. The van der Waals surface area contributed by atoms with E-state index in [1.165, 1.54) is 10.6 Å². The van der Waals surface area contributed by atoms with E-state index in [1.807, 2.05) is 30.7 Å². The maximum Gasteiger partial charge on any atom is 0.263 e. The smallest absolute Gasteiger partial charge is 0.263 e. The summed E-state index contributed by atoms with van der Waals surface area (Å²) in [6, 6.07) is 4.99. The molecule has 9 nitrogen and oxygen atoms in total. The van der Waals surface area contributed by atoms with Gasteiger partial charge in [0.15, 0.2) is 0 Å². The largest absolute Gasteiger partial charge is 0.368 e. The Morgan fingerprint density at radius 1 is 1.19 bits per heavy atom. The van der Waals surface area contributed by atoms with E-state index in [0.29, 0.717) is 24.7 Å². The number of carbonyl (C=O) groups is 1. The zero-order chi connectivity index (χ0) is 19.4. The predicted octanol–water partition coefficient (Wildman–Crippen LogP) is 0.820. The molecule has 0 spiro atoms. The van der Waals surface area contributed by atoms with E-state index < -0.39 is 5.91 Å². The number of imidazole rings is 1. The first-order valence-electron chi connectivity index (χ1n) is 8.49. The summed E-state index contributed by atoms with van der Waals surface area (Å²) in [5.41, 5.74) is -0.203. The zero-order valence-corrected chi connectivity index (χ0v) is 15.4. The maximum atomic E-state index is 12.1. The van der Waals surface area contributed by atoms with Crippen molar-refractivity contribution in [3.8, 4) is 5.82 Å². The molecule has 0 saturated heterocycles. The van der Waals surface area contributed by atoms with Crippen molar-refractivity contribution in [1.29, 1.82) is 0 Å². The fraction of sp³-hybridized carbons (Fsp3) is 0.278. The van der Waals surface area contributed by atoms with Crippen LogP contribution < -0.4 is 16.2 Å². The van der Waals surface area contributed by atoms with Crippen molar-refractivity contribution in [2.45, 2.75) is 13.8 Å². The van der Waals surface area contributed by atoms with E-state index in [1.54, 1.807) is 25.5 Å². The number of aryl methyl sites for hydroxylation is 3. The molecule has 0 aromatic carbocycles. The second-order valence-electron chi connectivity index (χ2n) is 6.02. The monoisotopic (exact) mass is 367 g/mol. The van der Waals surface area contributed by atoms with Gasteiger partial charge in [-0.2, -0.15) is 0 Å². The fourth-order valence-electron chi connectivity index (χ4n) is 2.62. The Morgan fingerprint density at radius 2 is 2.00 bits per heavy atom. The van der Waals surface area contributed by atoms with E-state index in [4.69, 9.17) is 0 Å². The summed E-state index contributed by atoms with van der Waals surface area (Å²) in [5, 5.41) is 5.89. The SMILES string of the molecule is Cc1nc(NCCNC(=O)c2cccn(C)c2=O)cc(-n2ccnc2C)n1. The van der Waals surface area contributed by atoms with Crippen LogP contribution >= 0.6 is 0 Å². The molecule has 3 rings (SSSR count). The first kappa shape index (κ1) is 18.3. The number of nitrogens with one attached hydrogen (secondary N) is 2. The number of aromatic nitrogens is 5. The molecule has 3 aromatic rings. The Bertz CT molecular complexity index is 1020. The van der Waals surface area contributed by atoms with Gasteiger partial charge < -0.3 is 15.2 Å². The van der Waals surface area contributed by atoms with Crippen LogP contribution in [0.5, 0.6) is 0 Å². The second kappa shape index (κ2) is 7.81. The molecule has 0 unspecified atom stereocenters. The summed E-state index contributed by atoms with van der Waals surface area (Å²) < 4.78 is 3.24. The lowest BCUT2D eigenvalue weighted by Crippen LogP contribution is -2.34. The van der Waals surface area contributed by atoms with Gasteiger partial charge >= 0.3 is 0 Å². The predicted molar refractivity (Wildman–Crippen MR) is 101 cm³/mol. The van der Waals surface area contributed by atoms with Gasteiger partial charge in [0.2, 0.25) is 0 Å². The van der Waals surface area contributed by atoms with Crippen LogP contribution in [0.1, 0.15) is 22.0 Å². The lowest BCUT2D eigenvalue weighted by molar-refractivity contribution is 0.0953. The van der Waals surface area contributed by atoms with Gasteiger partial charge in [-0.25, -0.2) is 15.0 Å². The molecule has 9 heteroatoms. The molecule has 27 heavy (non-hydrogen) atoms. The minimum absolute atomic E-state index is 0.121. The summed E-state index contributed by atoms with van der Waals surface area (Å²) in [6.45, 7) is 4.51. The molecule has 1 amide bonds. The van der Waals surface area contributed by atoms with Crippen molar-refractivity contribution in [2.75, 3.05) is 18.4 Å². The number of nitrogens with zero attached hydrogens (tertiary/aromatic N) is 5. The Labute approximate surface area is 156 Å². The van der Waals surface area contributed by atoms with Gasteiger partial charge in [0.05, 0.1) is 0 Å². The molecule has 0 aliphatic heterocycles. The van der Waals surface area contributed by atoms with Gasteiger partial charge in [-0.1, -0.05) is 0 Å². The Morgan fingerprint density at radius 3 is 2.74 bits per heavy atom. The first-order chi connectivity index (χ1) is 13.0. The van der Waals surface area contributed by atoms with Crippen LogP contribution in [-0.4, -0.2) is 43.1 Å². The van der Waals surface area contributed by atoms with Gasteiger partial charge in [0, 0.05) is 44.8 Å². The lowest BCUT2D eigenvalue weighted by Gasteiger charge is -2.10. The number of carbonyl (C=O) groups excluding carboxylic acids is 1. The number of amides is 1. The van der Waals surface area contributed by atoms with Crippen molar-refractivity contribution in [3.63, 3.8) is 0 Å². The molecule has 0 radical (unpaired) electrons. The van der Waals surface area contributed by atoms with Crippen molar-refractivity contribution in [1.82, 2.24) is 29.4 Å². The topological polar surface area (TPSA) is 107 Å². The number of hydrogen-bond donors (Lipinski definition) is 2. The van der Waals surface area contributed by atoms with E-state index in [9.17, 15) is 9.59 Å². The highest BCUT2D eigenvalue weighted by Gasteiger charge is 2.10. The van der Waals surface area contributed by atoms with Crippen molar-refractivity contribution in [3.05, 3.63) is 64.4 Å². The highest BCUT2D eigenvalue weighted by Crippen LogP contribution is 2.12. The van der Waals surface area contributed by atoms with Crippen LogP contribution in [0.15, 0.2) is 41.6 Å². The van der Waals surface area contributed by atoms with Crippen molar-refractivity contribution >= 4 is 11.7 Å². The third-order valence-corrected chi connectivity index (χ3v) is 3.98. The molecular weight excluding hydrogens is 346 g/mol. The van der Waals surface area contributed by atoms with Crippen molar-refractivity contribution in [2.24, 2.45) is 7.05 Å². The van der Waals surface area contributed by atoms with Gasteiger partial charge in [0.1, 0.15) is 28.8 Å². The summed E-state index contributed by atoms with van der Waals surface area (Å²) >= 11 is 0. The van der Waals surface area contributed by atoms with Gasteiger partial charge in [-0.3, -0.25) is 14.2 Å². The average molecular weight is 367 g/mol. The molecule has 0 aliphatic carbocycles. The summed E-state index contributed by atoms with van der Waals surface area (Å²) in [6.07, 6.45) is 5.16. The van der Waals surface area contributed by atoms with Crippen LogP contribution in [0.4, 0.5) is 5.82 Å². The van der Waals surface area contributed by atoms with E-state index >= 15 is 0 Å². The van der Waals surface area contributed by atoms with Gasteiger partial charge in [0.25, 0.3) is 11.5 Å². The highest BCUT2D eigenvalue weighted by atomic mass is 16.2. The summed E-state index contributed by atoms with van der Waals surface area (Å²) in [5.74, 6) is 2.43. The average Bonchev–Trinajstić information content (AvgIpc) is 3.06. The molecule has 0 bridgehead atoms. The molecule has 0 atom stereocenters. The number of hydrogen-bond acceptors (Lipinski definition) is 6. The van der Waals surface area contributed by atoms with E-state index in [0.717, 1.165) is 11.6 Å². The fourth-order valence-corrected chi connectivity index (χ4v) is 2.62. The number of pyridine rings is 1. The Balaban J connectivity index is 1.60. The van der Waals surface area contributed by atoms with Crippen LogP contribution in [-0.2, 0) is 7.05 Å². The Kier molecular flexibility index (Phi) is 5.30. The number of rotatable bonds is 6. The van der Waals surface area contributed by atoms with Crippen LogP contribution in [0, 0.1) is 13.8 Å². The van der Waals surface area contributed by atoms with E-state index in [2.05, 4.69) is 25.6 Å². The third-order valence-electron chi connectivity index (χ3n) is 3.98. The molecular formula is C18H21N7O2. The lowest BCUT2D eigenvalue weighted by atomic mass is 10.2. The second-order valence-corrected chi connectivity index (χ2v) is 6.02. The molecule has 0 aliphatic rings. The normalized spacial score (nSPS) is 10.6. The summed E-state index contributed by atoms with van der Waals surface area (Å²) in [7, 11) is 1.61. The molecule has 0 saturated carbocycles. The quantitative estimate of drug-likeness (QED) is 0.625. The third kappa shape index (κ3) is 4.20. The van der Waals surface area contributed by atoms with Crippen LogP contribution in [0.2, 0.25) is 0 Å². The van der Waals surface area contributed by atoms with E-state index in [-0.39, 0.29) is 11.1 Å². The Hall–Kier alpha value is -3.49. The molecule has 140 valence electrons. The molecule has 3 heterocycles. The zero-order valence-electron chi connectivity index (χ0n) is 15.4. The molecule has 0 fully saturated rings. The molecule has 3 aromatic heterocycles. The molecule has 2 N–H and O–H groups in total. The van der Waals surface area contributed by atoms with Crippen LogP contribution in [0.3, 0.4) is 0 Å². The van der Waals surface area contributed by atoms with Crippen LogP contribution in [0.25, 0.3) is 5.82 Å². The van der Waals surface area contributed by atoms with Gasteiger partial charge in [-0.15, -0.1) is 0 Å².